The van der Waals surface area contributed by atoms with Gasteiger partial charge in [0.05, 0.1) is 23.1 Å². The summed E-state index contributed by atoms with van der Waals surface area (Å²) in [5, 5.41) is 5.89. The van der Waals surface area contributed by atoms with Crippen molar-refractivity contribution in [3.05, 3.63) is 99.7 Å². The Labute approximate surface area is 171 Å². The Balaban J connectivity index is 1.66. The first-order valence-corrected chi connectivity index (χ1v) is 9.67. The van der Waals surface area contributed by atoms with Crippen molar-refractivity contribution < 1.29 is 0 Å². The zero-order valence-electron chi connectivity index (χ0n) is 15.7. The predicted molar refractivity (Wildman–Crippen MR) is 115 cm³/mol. The summed E-state index contributed by atoms with van der Waals surface area (Å²) in [6.45, 7) is 2.43. The van der Waals surface area contributed by atoms with E-state index in [-0.39, 0.29) is 5.56 Å². The highest BCUT2D eigenvalue weighted by Gasteiger charge is 2.16. The smallest absolute Gasteiger partial charge is 0.261 e. The molecule has 0 bridgehead atoms. The lowest BCUT2D eigenvalue weighted by molar-refractivity contribution is 0.765. The summed E-state index contributed by atoms with van der Waals surface area (Å²) >= 11 is 5.95. The molecule has 5 aromatic rings. The van der Waals surface area contributed by atoms with Gasteiger partial charge in [0.15, 0.2) is 5.65 Å². The van der Waals surface area contributed by atoms with E-state index in [1.54, 1.807) is 21.5 Å². The van der Waals surface area contributed by atoms with Crippen LogP contribution in [0.2, 0.25) is 5.02 Å². The van der Waals surface area contributed by atoms with Gasteiger partial charge in [0, 0.05) is 23.0 Å². The van der Waals surface area contributed by atoms with Crippen LogP contribution in [0.15, 0.2) is 77.9 Å². The van der Waals surface area contributed by atoms with Crippen molar-refractivity contribution in [1.29, 1.82) is 0 Å². The van der Waals surface area contributed by atoms with Crippen molar-refractivity contribution in [3.8, 4) is 11.1 Å². The van der Waals surface area contributed by atoms with Crippen LogP contribution in [0.25, 0.3) is 27.7 Å². The van der Waals surface area contributed by atoms with Crippen molar-refractivity contribution in [2.24, 2.45) is 0 Å². The molecule has 0 radical (unpaired) electrons. The van der Waals surface area contributed by atoms with E-state index in [1.807, 2.05) is 67.6 Å². The molecule has 2 aromatic carbocycles. The molecule has 0 atom stereocenters. The summed E-state index contributed by atoms with van der Waals surface area (Å²) < 4.78 is 3.44. The van der Waals surface area contributed by atoms with Crippen molar-refractivity contribution in [3.63, 3.8) is 0 Å². The molecular weight excluding hydrogens is 384 g/mol. The largest absolute Gasteiger partial charge is 0.310 e. The van der Waals surface area contributed by atoms with Gasteiger partial charge in [-0.1, -0.05) is 54.1 Å². The topological polar surface area (TPSA) is 52.2 Å². The van der Waals surface area contributed by atoms with Gasteiger partial charge in [0.1, 0.15) is 0 Å². The average molecular weight is 401 g/mol. The highest BCUT2D eigenvalue weighted by molar-refractivity contribution is 6.30. The van der Waals surface area contributed by atoms with Gasteiger partial charge in [-0.2, -0.15) is 5.10 Å². The van der Waals surface area contributed by atoms with Gasteiger partial charge in [0.25, 0.3) is 5.56 Å². The highest BCUT2D eigenvalue weighted by atomic mass is 35.5. The summed E-state index contributed by atoms with van der Waals surface area (Å²) in [6.07, 6.45) is 3.46. The van der Waals surface area contributed by atoms with E-state index in [0.29, 0.717) is 17.0 Å². The Morgan fingerprint density at radius 1 is 1.00 bits per heavy atom. The highest BCUT2D eigenvalue weighted by Crippen LogP contribution is 2.28. The van der Waals surface area contributed by atoms with E-state index in [9.17, 15) is 4.79 Å². The Kier molecular flexibility index (Phi) is 4.18. The molecule has 142 valence electrons. The third kappa shape index (κ3) is 3.00. The SMILES string of the molecule is Cc1nn2c(ncc3c(=O)n(Cc4ccc(Cl)cc4)ccc32)c1-c1ccccc1. The summed E-state index contributed by atoms with van der Waals surface area (Å²) in [4.78, 5) is 17.7. The lowest BCUT2D eigenvalue weighted by Crippen LogP contribution is -2.21. The maximum Gasteiger partial charge on any atom is 0.261 e. The minimum atomic E-state index is -0.0961. The third-order valence-electron chi connectivity index (χ3n) is 5.09. The molecule has 0 unspecified atom stereocenters. The van der Waals surface area contributed by atoms with Crippen molar-refractivity contribution in [2.45, 2.75) is 13.5 Å². The molecule has 0 saturated carbocycles. The molecule has 0 N–H and O–H groups in total. The first-order valence-electron chi connectivity index (χ1n) is 9.29. The van der Waals surface area contributed by atoms with Crippen molar-refractivity contribution >= 4 is 28.2 Å². The zero-order chi connectivity index (χ0) is 20.0. The van der Waals surface area contributed by atoms with Crippen LogP contribution in [0.5, 0.6) is 0 Å². The first-order chi connectivity index (χ1) is 14.1. The summed E-state index contributed by atoms with van der Waals surface area (Å²) in [5.41, 5.74) is 5.32. The van der Waals surface area contributed by atoms with E-state index in [1.165, 1.54) is 0 Å². The Bertz CT molecular complexity index is 1400. The molecular formula is C23H17ClN4O. The second-order valence-electron chi connectivity index (χ2n) is 6.99. The minimum absolute atomic E-state index is 0.0961. The third-order valence-corrected chi connectivity index (χ3v) is 5.34. The van der Waals surface area contributed by atoms with E-state index >= 15 is 0 Å². The van der Waals surface area contributed by atoms with E-state index in [2.05, 4.69) is 10.1 Å². The zero-order valence-corrected chi connectivity index (χ0v) is 16.5. The quantitative estimate of drug-likeness (QED) is 0.440. The van der Waals surface area contributed by atoms with Gasteiger partial charge in [0.2, 0.25) is 0 Å². The molecule has 0 saturated heterocycles. The molecule has 5 nitrogen and oxygen atoms in total. The molecule has 0 amide bonds. The molecule has 6 heteroatoms. The predicted octanol–water partition coefficient (Wildman–Crippen LogP) is 4.72. The number of hydrogen-bond acceptors (Lipinski definition) is 3. The van der Waals surface area contributed by atoms with Crippen LogP contribution in [0, 0.1) is 6.92 Å². The fourth-order valence-electron chi connectivity index (χ4n) is 3.67. The Morgan fingerprint density at radius 2 is 1.76 bits per heavy atom. The second kappa shape index (κ2) is 6.87. The number of nitrogens with zero attached hydrogens (tertiary/aromatic N) is 4. The van der Waals surface area contributed by atoms with Crippen LogP contribution in [0.3, 0.4) is 0 Å². The first kappa shape index (κ1) is 17.6. The monoisotopic (exact) mass is 400 g/mol. The molecule has 0 fully saturated rings. The molecule has 0 spiro atoms. The van der Waals surface area contributed by atoms with Crippen LogP contribution >= 0.6 is 11.6 Å². The molecule has 0 aliphatic rings. The van der Waals surface area contributed by atoms with Crippen LogP contribution in [0.1, 0.15) is 11.3 Å². The normalized spacial score (nSPS) is 11.4. The van der Waals surface area contributed by atoms with E-state index in [0.717, 1.165) is 33.5 Å². The average Bonchev–Trinajstić information content (AvgIpc) is 3.08. The lowest BCUT2D eigenvalue weighted by atomic mass is 10.1. The molecule has 3 heterocycles. The molecule has 3 aromatic heterocycles. The van der Waals surface area contributed by atoms with Crippen LogP contribution < -0.4 is 5.56 Å². The number of aryl methyl sites for hydroxylation is 1. The van der Waals surface area contributed by atoms with Gasteiger partial charge in [-0.3, -0.25) is 4.79 Å². The van der Waals surface area contributed by atoms with Crippen LogP contribution in [0.4, 0.5) is 0 Å². The number of fused-ring (bicyclic) bond motifs is 3. The fraction of sp³-hybridized carbons (Fsp3) is 0.0870. The van der Waals surface area contributed by atoms with Gasteiger partial charge >= 0.3 is 0 Å². The van der Waals surface area contributed by atoms with Gasteiger partial charge in [-0.25, -0.2) is 9.50 Å². The van der Waals surface area contributed by atoms with E-state index in [4.69, 9.17) is 11.6 Å². The number of benzene rings is 2. The fourth-order valence-corrected chi connectivity index (χ4v) is 3.80. The summed E-state index contributed by atoms with van der Waals surface area (Å²) in [5.74, 6) is 0. The van der Waals surface area contributed by atoms with Gasteiger partial charge in [-0.15, -0.1) is 0 Å². The van der Waals surface area contributed by atoms with Crippen molar-refractivity contribution in [1.82, 2.24) is 19.2 Å². The molecule has 0 aliphatic heterocycles. The molecule has 5 rings (SSSR count). The van der Waals surface area contributed by atoms with Crippen LogP contribution in [-0.4, -0.2) is 19.2 Å². The Hall–Kier alpha value is -3.44. The number of pyridine rings is 1. The maximum atomic E-state index is 13.1. The number of hydrogen-bond donors (Lipinski definition) is 0. The number of aromatic nitrogens is 4. The number of halogens is 1. The van der Waals surface area contributed by atoms with E-state index < -0.39 is 0 Å². The second-order valence-corrected chi connectivity index (χ2v) is 7.43. The summed E-state index contributed by atoms with van der Waals surface area (Å²) in [6, 6.07) is 19.5. The Morgan fingerprint density at radius 3 is 2.52 bits per heavy atom. The van der Waals surface area contributed by atoms with Gasteiger partial charge < -0.3 is 4.57 Å². The standard InChI is InChI=1S/C23H17ClN4O/c1-15-21(17-5-3-2-4-6-17)22-25-13-19-20(28(22)26-15)11-12-27(23(19)29)14-16-7-9-18(24)10-8-16/h2-13H,14H2,1H3. The minimum Gasteiger partial charge on any atom is -0.310 e. The lowest BCUT2D eigenvalue weighted by Gasteiger charge is -2.08. The molecule has 29 heavy (non-hydrogen) atoms. The maximum absolute atomic E-state index is 13.1. The van der Waals surface area contributed by atoms with Gasteiger partial charge in [-0.05, 0) is 36.2 Å². The molecule has 0 aliphatic carbocycles. The van der Waals surface area contributed by atoms with Crippen LogP contribution in [-0.2, 0) is 6.54 Å². The number of rotatable bonds is 3. The van der Waals surface area contributed by atoms with Crippen molar-refractivity contribution in [2.75, 3.05) is 0 Å². The summed E-state index contributed by atoms with van der Waals surface area (Å²) in [7, 11) is 0.